The van der Waals surface area contributed by atoms with Gasteiger partial charge in [0, 0.05) is 5.92 Å². The van der Waals surface area contributed by atoms with E-state index < -0.39 is 0 Å². The quantitative estimate of drug-likeness (QED) is 0.551. The molecule has 0 radical (unpaired) electrons. The molecule has 0 unspecified atom stereocenters. The van der Waals surface area contributed by atoms with Crippen LogP contribution in [0.2, 0.25) is 0 Å². The fraction of sp³-hybridized carbons (Fsp3) is 0.294. The Morgan fingerprint density at radius 1 is 1.20 bits per heavy atom. The zero-order valence-corrected chi connectivity index (χ0v) is 15.1. The summed E-state index contributed by atoms with van der Waals surface area (Å²) in [6, 6.07) is 10.0. The number of hydrogen-bond donors (Lipinski definition) is 2. The molecule has 0 aliphatic heterocycles. The van der Waals surface area contributed by atoms with Crippen LogP contribution in [0.15, 0.2) is 35.5 Å². The molecule has 1 aromatic carbocycles. The molecule has 0 aliphatic rings. The molecule has 130 valence electrons. The van der Waals surface area contributed by atoms with E-state index in [4.69, 9.17) is 0 Å². The number of para-hydroxylation sites is 1. The molecule has 0 bridgehead atoms. The van der Waals surface area contributed by atoms with Crippen LogP contribution in [0.4, 0.5) is 0 Å². The normalized spacial score (nSPS) is 11.2. The Bertz CT molecular complexity index is 951. The molecular weight excluding hydrogens is 338 g/mol. The third-order valence-corrected chi connectivity index (χ3v) is 4.65. The van der Waals surface area contributed by atoms with Crippen LogP contribution in [0.25, 0.3) is 16.6 Å². The van der Waals surface area contributed by atoms with E-state index >= 15 is 0 Å². The zero-order valence-electron chi connectivity index (χ0n) is 14.2. The number of thioether (sulfide) groups is 1. The molecule has 2 N–H and O–H groups in total. The van der Waals surface area contributed by atoms with Crippen molar-refractivity contribution in [2.24, 2.45) is 5.92 Å². The second-order valence-electron chi connectivity index (χ2n) is 6.01. The summed E-state index contributed by atoms with van der Waals surface area (Å²) in [6.45, 7) is 5.50. The molecule has 3 aromatic rings. The lowest BCUT2D eigenvalue weighted by Crippen LogP contribution is -2.44. The second kappa shape index (κ2) is 7.10. The number of fused-ring (bicyclic) bond motifs is 3. The molecule has 2 amide bonds. The predicted octanol–water partition coefficient (Wildman–Crippen LogP) is 2.09. The molecular formula is C17H19N5O2S. The number of carbonyl (C=O) groups is 2. The summed E-state index contributed by atoms with van der Waals surface area (Å²) in [4.78, 5) is 23.4. The number of nitrogens with one attached hydrogen (secondary N) is 2. The van der Waals surface area contributed by atoms with Crippen LogP contribution in [-0.4, -0.2) is 32.2 Å². The molecule has 0 spiro atoms. The summed E-state index contributed by atoms with van der Waals surface area (Å²) in [5.41, 5.74) is 7.58. The zero-order chi connectivity index (χ0) is 18.0. The van der Waals surface area contributed by atoms with Crippen LogP contribution in [-0.2, 0) is 9.59 Å². The van der Waals surface area contributed by atoms with Gasteiger partial charge in [0.25, 0.3) is 0 Å². The van der Waals surface area contributed by atoms with Crippen LogP contribution in [0, 0.1) is 12.8 Å². The van der Waals surface area contributed by atoms with Gasteiger partial charge in [-0.15, -0.1) is 10.2 Å². The lowest BCUT2D eigenvalue weighted by atomic mass is 10.1. The maximum absolute atomic E-state index is 11.9. The van der Waals surface area contributed by atoms with Gasteiger partial charge in [-0.1, -0.05) is 43.8 Å². The Hall–Kier alpha value is -2.61. The summed E-state index contributed by atoms with van der Waals surface area (Å²) in [5.74, 6) is -0.593. The van der Waals surface area contributed by atoms with E-state index in [1.807, 2.05) is 35.6 Å². The third kappa shape index (κ3) is 3.58. The Balaban J connectivity index is 1.78. The minimum Gasteiger partial charge on any atom is -0.273 e. The lowest BCUT2D eigenvalue weighted by molar-refractivity contribution is -0.129. The van der Waals surface area contributed by atoms with Gasteiger partial charge in [-0.2, -0.15) is 0 Å². The number of nitrogens with zero attached hydrogens (tertiary/aromatic N) is 3. The maximum Gasteiger partial charge on any atom is 0.248 e. The Morgan fingerprint density at radius 2 is 1.96 bits per heavy atom. The summed E-state index contributed by atoms with van der Waals surface area (Å²) < 4.78 is 1.95. The number of hydrazine groups is 1. The van der Waals surface area contributed by atoms with Crippen molar-refractivity contribution in [1.82, 2.24) is 25.4 Å². The fourth-order valence-electron chi connectivity index (χ4n) is 2.39. The first-order chi connectivity index (χ1) is 12.0. The van der Waals surface area contributed by atoms with E-state index in [-0.39, 0.29) is 23.5 Å². The molecule has 7 nitrogen and oxygen atoms in total. The van der Waals surface area contributed by atoms with E-state index in [1.54, 1.807) is 13.8 Å². The van der Waals surface area contributed by atoms with Crippen molar-refractivity contribution in [2.45, 2.75) is 25.9 Å². The molecule has 0 aliphatic carbocycles. The van der Waals surface area contributed by atoms with Crippen molar-refractivity contribution in [1.29, 1.82) is 0 Å². The van der Waals surface area contributed by atoms with Crippen LogP contribution < -0.4 is 10.9 Å². The molecule has 0 fully saturated rings. The van der Waals surface area contributed by atoms with Gasteiger partial charge in [0.15, 0.2) is 10.8 Å². The van der Waals surface area contributed by atoms with Crippen molar-refractivity contribution in [3.05, 3.63) is 35.9 Å². The molecule has 8 heteroatoms. The van der Waals surface area contributed by atoms with Crippen molar-refractivity contribution < 1.29 is 9.59 Å². The van der Waals surface area contributed by atoms with Crippen molar-refractivity contribution in [2.75, 3.05) is 5.75 Å². The SMILES string of the molecule is Cc1cc2ccccc2n2c(SCC(=O)NNC(=O)C(C)C)nnc12. The second-order valence-corrected chi connectivity index (χ2v) is 6.95. The molecule has 25 heavy (non-hydrogen) atoms. The molecule has 0 atom stereocenters. The summed E-state index contributed by atoms with van der Waals surface area (Å²) >= 11 is 1.27. The van der Waals surface area contributed by atoms with E-state index in [0.717, 1.165) is 22.1 Å². The minimum absolute atomic E-state index is 0.126. The van der Waals surface area contributed by atoms with E-state index in [0.29, 0.717) is 5.16 Å². The molecule has 0 saturated carbocycles. The Labute approximate surface area is 149 Å². The standard InChI is InChI=1S/C17H19N5O2S/c1-10(2)16(24)20-18-14(23)9-25-17-21-19-15-11(3)8-12-6-4-5-7-13(12)22(15)17/h4-8,10H,9H2,1-3H3,(H,18,23)(H,20,24). The number of carbonyl (C=O) groups excluding carboxylic acids is 2. The monoisotopic (exact) mass is 357 g/mol. The van der Waals surface area contributed by atoms with Gasteiger partial charge in [-0.05, 0) is 30.0 Å². The number of aromatic nitrogens is 3. The van der Waals surface area contributed by atoms with Crippen LogP contribution in [0.3, 0.4) is 0 Å². The first-order valence-electron chi connectivity index (χ1n) is 7.92. The Morgan fingerprint density at radius 3 is 2.72 bits per heavy atom. The van der Waals surface area contributed by atoms with Crippen molar-refractivity contribution in [3.8, 4) is 0 Å². The highest BCUT2D eigenvalue weighted by molar-refractivity contribution is 7.99. The number of benzene rings is 1. The van der Waals surface area contributed by atoms with Gasteiger partial charge in [-0.3, -0.25) is 24.8 Å². The average molecular weight is 357 g/mol. The Kier molecular flexibility index (Phi) is 4.89. The molecule has 2 aromatic heterocycles. The predicted molar refractivity (Wildman–Crippen MR) is 97.1 cm³/mol. The average Bonchev–Trinajstić information content (AvgIpc) is 3.02. The minimum atomic E-state index is -0.298. The fourth-order valence-corrected chi connectivity index (χ4v) is 3.13. The van der Waals surface area contributed by atoms with E-state index in [2.05, 4.69) is 27.1 Å². The molecule has 2 heterocycles. The lowest BCUT2D eigenvalue weighted by Gasteiger charge is -2.09. The van der Waals surface area contributed by atoms with E-state index in [1.165, 1.54) is 11.8 Å². The first kappa shape index (κ1) is 17.2. The summed E-state index contributed by atoms with van der Waals surface area (Å²) in [5, 5.41) is 10.2. The number of aryl methyl sites for hydroxylation is 1. The molecule has 0 saturated heterocycles. The van der Waals surface area contributed by atoms with Crippen LogP contribution >= 0.6 is 11.8 Å². The van der Waals surface area contributed by atoms with Crippen molar-refractivity contribution in [3.63, 3.8) is 0 Å². The third-order valence-electron chi connectivity index (χ3n) is 3.72. The van der Waals surface area contributed by atoms with Crippen molar-refractivity contribution >= 4 is 40.1 Å². The van der Waals surface area contributed by atoms with Gasteiger partial charge in [-0.25, -0.2) is 0 Å². The highest BCUT2D eigenvalue weighted by Gasteiger charge is 2.14. The molecule has 3 rings (SSSR count). The maximum atomic E-state index is 11.9. The van der Waals surface area contributed by atoms with Gasteiger partial charge in [0.1, 0.15) is 0 Å². The van der Waals surface area contributed by atoms with Gasteiger partial charge < -0.3 is 0 Å². The highest BCUT2D eigenvalue weighted by Crippen LogP contribution is 2.25. The van der Waals surface area contributed by atoms with Gasteiger partial charge >= 0.3 is 0 Å². The largest absolute Gasteiger partial charge is 0.273 e. The summed E-state index contributed by atoms with van der Waals surface area (Å²) in [7, 11) is 0. The topological polar surface area (TPSA) is 88.4 Å². The number of amides is 2. The van der Waals surface area contributed by atoms with Crippen LogP contribution in [0.5, 0.6) is 0 Å². The highest BCUT2D eigenvalue weighted by atomic mass is 32.2. The first-order valence-corrected chi connectivity index (χ1v) is 8.91. The summed E-state index contributed by atoms with van der Waals surface area (Å²) in [6.07, 6.45) is 0. The van der Waals surface area contributed by atoms with E-state index in [9.17, 15) is 9.59 Å². The number of hydrogen-bond acceptors (Lipinski definition) is 5. The van der Waals surface area contributed by atoms with Gasteiger partial charge in [0.2, 0.25) is 11.8 Å². The smallest absolute Gasteiger partial charge is 0.248 e. The van der Waals surface area contributed by atoms with Gasteiger partial charge in [0.05, 0.1) is 11.3 Å². The number of rotatable bonds is 4. The van der Waals surface area contributed by atoms with Crippen LogP contribution in [0.1, 0.15) is 19.4 Å². The number of pyridine rings is 1.